The highest BCUT2D eigenvalue weighted by atomic mass is 35.5. The van der Waals surface area contributed by atoms with Crippen molar-refractivity contribution >= 4 is 45.4 Å². The van der Waals surface area contributed by atoms with Gasteiger partial charge in [-0.2, -0.15) is 0 Å². The zero-order valence-corrected chi connectivity index (χ0v) is 14.7. The van der Waals surface area contributed by atoms with Gasteiger partial charge in [-0.05, 0) is 67.4 Å². The fraction of sp³-hybridized carbons (Fsp3) is 0.294. The van der Waals surface area contributed by atoms with E-state index in [1.807, 2.05) is 12.1 Å². The van der Waals surface area contributed by atoms with E-state index in [2.05, 4.69) is 23.4 Å². The second-order valence-electron chi connectivity index (χ2n) is 5.44. The van der Waals surface area contributed by atoms with Gasteiger partial charge in [0.25, 0.3) is 0 Å². The summed E-state index contributed by atoms with van der Waals surface area (Å²) in [5, 5.41) is 4.62. The molecule has 0 bridgehead atoms. The van der Waals surface area contributed by atoms with Crippen molar-refractivity contribution in [2.24, 2.45) is 5.73 Å². The molecule has 116 valence electrons. The van der Waals surface area contributed by atoms with Crippen molar-refractivity contribution < 1.29 is 0 Å². The van der Waals surface area contributed by atoms with Crippen LogP contribution in [0.3, 0.4) is 0 Å². The van der Waals surface area contributed by atoms with E-state index in [4.69, 9.17) is 28.9 Å². The molecule has 0 unspecified atom stereocenters. The van der Waals surface area contributed by atoms with Crippen LogP contribution < -0.4 is 5.73 Å². The smallest absolute Gasteiger partial charge is 0.0666 e. The van der Waals surface area contributed by atoms with E-state index >= 15 is 0 Å². The van der Waals surface area contributed by atoms with Crippen LogP contribution in [0.15, 0.2) is 23.6 Å². The predicted octanol–water partition coefficient (Wildman–Crippen LogP) is 5.79. The summed E-state index contributed by atoms with van der Waals surface area (Å²) in [5.74, 6) is 0. The predicted molar refractivity (Wildman–Crippen MR) is 98.4 cm³/mol. The van der Waals surface area contributed by atoms with Crippen molar-refractivity contribution in [1.82, 2.24) is 4.98 Å². The van der Waals surface area contributed by atoms with Crippen molar-refractivity contribution in [3.05, 3.63) is 44.8 Å². The molecule has 0 spiro atoms. The summed E-state index contributed by atoms with van der Waals surface area (Å²) in [4.78, 5) is 4.76. The first-order valence-electron chi connectivity index (χ1n) is 7.36. The van der Waals surface area contributed by atoms with Gasteiger partial charge in [-0.15, -0.1) is 11.3 Å². The van der Waals surface area contributed by atoms with Gasteiger partial charge in [0.1, 0.15) is 0 Å². The van der Waals surface area contributed by atoms with E-state index in [1.54, 1.807) is 11.3 Å². The molecule has 0 saturated heterocycles. The topological polar surface area (TPSA) is 41.8 Å². The highest BCUT2D eigenvalue weighted by Crippen LogP contribution is 2.41. The number of benzene rings is 1. The normalized spacial score (nSPS) is 11.5. The molecule has 0 aliphatic heterocycles. The number of nitrogens with one attached hydrogen (secondary N) is 1. The molecule has 5 heteroatoms. The van der Waals surface area contributed by atoms with Crippen LogP contribution in [0.4, 0.5) is 0 Å². The number of thiophene rings is 1. The van der Waals surface area contributed by atoms with Gasteiger partial charge >= 0.3 is 0 Å². The molecule has 0 fully saturated rings. The zero-order valence-electron chi connectivity index (χ0n) is 12.4. The number of hydrogen-bond acceptors (Lipinski definition) is 2. The first kappa shape index (κ1) is 15.9. The van der Waals surface area contributed by atoms with Crippen LogP contribution in [0.25, 0.3) is 21.5 Å². The molecule has 3 N–H and O–H groups in total. The number of halogens is 2. The van der Waals surface area contributed by atoms with Crippen LogP contribution in [0.5, 0.6) is 0 Å². The number of H-pyrrole nitrogens is 1. The van der Waals surface area contributed by atoms with E-state index < -0.39 is 0 Å². The molecule has 0 atom stereocenters. The summed E-state index contributed by atoms with van der Waals surface area (Å²) in [6, 6.07) is 5.85. The SMILES string of the molecule is Cc1ccsc1-c1[nH]c2c(Cl)ccc(Cl)c2c1CCCCN. The lowest BCUT2D eigenvalue weighted by molar-refractivity contribution is 0.748. The van der Waals surface area contributed by atoms with Gasteiger partial charge in [-0.3, -0.25) is 0 Å². The molecule has 0 aliphatic carbocycles. The van der Waals surface area contributed by atoms with E-state index in [-0.39, 0.29) is 0 Å². The minimum absolute atomic E-state index is 0.708. The van der Waals surface area contributed by atoms with Crippen LogP contribution in [-0.4, -0.2) is 11.5 Å². The molecule has 0 amide bonds. The summed E-state index contributed by atoms with van der Waals surface area (Å²) < 4.78 is 0. The highest BCUT2D eigenvalue weighted by Gasteiger charge is 2.19. The monoisotopic (exact) mass is 352 g/mol. The average Bonchev–Trinajstić information content (AvgIpc) is 3.08. The number of rotatable bonds is 5. The molecule has 3 rings (SSSR count). The Hall–Kier alpha value is -1.00. The maximum atomic E-state index is 6.46. The molecule has 0 radical (unpaired) electrons. The Morgan fingerprint density at radius 2 is 1.91 bits per heavy atom. The van der Waals surface area contributed by atoms with Crippen molar-refractivity contribution in [3.8, 4) is 10.6 Å². The second kappa shape index (κ2) is 6.63. The van der Waals surface area contributed by atoms with Crippen molar-refractivity contribution in [1.29, 1.82) is 0 Å². The van der Waals surface area contributed by atoms with Crippen molar-refractivity contribution in [3.63, 3.8) is 0 Å². The fourth-order valence-corrected chi connectivity index (χ4v) is 4.24. The highest BCUT2D eigenvalue weighted by molar-refractivity contribution is 7.13. The van der Waals surface area contributed by atoms with Gasteiger partial charge in [-0.1, -0.05) is 23.2 Å². The largest absolute Gasteiger partial charge is 0.352 e. The molecule has 2 aromatic heterocycles. The third kappa shape index (κ3) is 2.79. The van der Waals surface area contributed by atoms with Crippen LogP contribution in [0, 0.1) is 6.92 Å². The molecule has 2 nitrogen and oxygen atoms in total. The molecule has 0 aliphatic rings. The van der Waals surface area contributed by atoms with Gasteiger partial charge in [0.15, 0.2) is 0 Å². The van der Waals surface area contributed by atoms with Crippen molar-refractivity contribution in [2.45, 2.75) is 26.2 Å². The number of nitrogens with two attached hydrogens (primary N) is 1. The molecule has 22 heavy (non-hydrogen) atoms. The molecule has 3 aromatic rings. The van der Waals surface area contributed by atoms with E-state index in [9.17, 15) is 0 Å². The third-order valence-electron chi connectivity index (χ3n) is 3.93. The average molecular weight is 353 g/mol. The van der Waals surface area contributed by atoms with Gasteiger partial charge in [0.05, 0.1) is 26.1 Å². The molecular weight excluding hydrogens is 335 g/mol. The first-order valence-corrected chi connectivity index (χ1v) is 9.00. The number of unbranched alkanes of at least 4 members (excludes halogenated alkanes) is 1. The van der Waals surface area contributed by atoms with Crippen molar-refractivity contribution in [2.75, 3.05) is 6.54 Å². The molecular formula is C17H18Cl2N2S. The minimum Gasteiger partial charge on any atom is -0.352 e. The Morgan fingerprint density at radius 1 is 1.14 bits per heavy atom. The van der Waals surface area contributed by atoms with E-state index in [0.717, 1.165) is 40.9 Å². The Kier molecular flexibility index (Phi) is 4.79. The third-order valence-corrected chi connectivity index (χ3v) is 5.59. The van der Waals surface area contributed by atoms with Gasteiger partial charge in [0, 0.05) is 5.39 Å². The summed E-state index contributed by atoms with van der Waals surface area (Å²) in [7, 11) is 0. The molecule has 1 aromatic carbocycles. The van der Waals surface area contributed by atoms with E-state index in [0.29, 0.717) is 11.6 Å². The number of fused-ring (bicyclic) bond motifs is 1. The van der Waals surface area contributed by atoms with Gasteiger partial charge in [0.2, 0.25) is 0 Å². The second-order valence-corrected chi connectivity index (χ2v) is 7.17. The van der Waals surface area contributed by atoms with Gasteiger partial charge in [-0.25, -0.2) is 0 Å². The Balaban J connectivity index is 2.22. The maximum Gasteiger partial charge on any atom is 0.0666 e. The van der Waals surface area contributed by atoms with Crippen LogP contribution in [0.1, 0.15) is 24.0 Å². The van der Waals surface area contributed by atoms with Crippen LogP contribution >= 0.6 is 34.5 Å². The zero-order chi connectivity index (χ0) is 15.7. The Morgan fingerprint density at radius 3 is 2.59 bits per heavy atom. The summed E-state index contributed by atoms with van der Waals surface area (Å²) in [5.41, 5.74) is 10.2. The minimum atomic E-state index is 0.708. The van der Waals surface area contributed by atoms with E-state index in [1.165, 1.54) is 16.0 Å². The Labute approximate surface area is 144 Å². The standard InChI is InChI=1S/C17H18Cl2N2S/c1-10-7-9-22-17(10)15-11(4-2-3-8-20)14-12(18)5-6-13(19)16(14)21-15/h5-7,9,21H,2-4,8,20H2,1H3. The maximum absolute atomic E-state index is 6.46. The first-order chi connectivity index (χ1) is 10.6. The number of hydrogen-bond donors (Lipinski definition) is 2. The van der Waals surface area contributed by atoms with Crippen LogP contribution in [0.2, 0.25) is 10.0 Å². The molecule has 2 heterocycles. The molecule has 0 saturated carbocycles. The summed E-state index contributed by atoms with van der Waals surface area (Å²) in [6.45, 7) is 2.84. The summed E-state index contributed by atoms with van der Waals surface area (Å²) in [6.07, 6.45) is 3.00. The number of aryl methyl sites for hydroxylation is 2. The summed E-state index contributed by atoms with van der Waals surface area (Å²) >= 11 is 14.6. The lowest BCUT2D eigenvalue weighted by atomic mass is 10.0. The lowest BCUT2D eigenvalue weighted by Crippen LogP contribution is -1.99. The fourth-order valence-electron chi connectivity index (χ4n) is 2.81. The number of aromatic amines is 1. The van der Waals surface area contributed by atoms with Gasteiger partial charge < -0.3 is 10.7 Å². The number of aromatic nitrogens is 1. The Bertz CT molecular complexity index is 804. The van der Waals surface area contributed by atoms with Crippen LogP contribution in [-0.2, 0) is 6.42 Å². The lowest BCUT2D eigenvalue weighted by Gasteiger charge is -2.05. The quantitative estimate of drug-likeness (QED) is 0.560.